The number of para-hydroxylation sites is 1. The van der Waals surface area contributed by atoms with Crippen LogP contribution in [0.2, 0.25) is 0 Å². The van der Waals surface area contributed by atoms with Crippen LogP contribution in [-0.4, -0.2) is 36.2 Å². The van der Waals surface area contributed by atoms with Crippen LogP contribution < -0.4 is 25.4 Å². The minimum atomic E-state index is 0.195. The van der Waals surface area contributed by atoms with E-state index >= 15 is 0 Å². The molecule has 8 heteroatoms. The fourth-order valence-electron chi connectivity index (χ4n) is 3.06. The summed E-state index contributed by atoms with van der Waals surface area (Å²) in [5, 5.41) is 3.22. The molecule has 0 amide bonds. The van der Waals surface area contributed by atoms with Crippen molar-refractivity contribution in [3.8, 4) is 11.5 Å². The summed E-state index contributed by atoms with van der Waals surface area (Å²) in [6.07, 6.45) is 0. The van der Waals surface area contributed by atoms with E-state index < -0.39 is 0 Å². The average molecular weight is 395 g/mol. The molecule has 0 aliphatic carbocycles. The number of aryl methyl sites for hydroxylation is 1. The number of ether oxygens (including phenoxy) is 2. The SMILES string of the molecule is COc1ccc(C[NH+](C)Cc2nc(N)nc(Nc3ccccc3C)n2)c(OC)c1. The number of methoxy groups -OCH3 is 2. The molecule has 29 heavy (non-hydrogen) atoms. The lowest BCUT2D eigenvalue weighted by Crippen LogP contribution is -3.06. The first kappa shape index (κ1) is 20.3. The van der Waals surface area contributed by atoms with Crippen molar-refractivity contribution >= 4 is 17.6 Å². The van der Waals surface area contributed by atoms with Crippen LogP contribution in [0.3, 0.4) is 0 Å². The van der Waals surface area contributed by atoms with Crippen LogP contribution >= 0.6 is 0 Å². The van der Waals surface area contributed by atoms with Crippen molar-refractivity contribution < 1.29 is 14.4 Å². The number of hydrogen-bond donors (Lipinski definition) is 3. The number of benzene rings is 2. The molecular weight excluding hydrogens is 368 g/mol. The highest BCUT2D eigenvalue weighted by molar-refractivity contribution is 5.58. The Morgan fingerprint density at radius 2 is 1.79 bits per heavy atom. The molecule has 2 aromatic carbocycles. The first-order valence-corrected chi connectivity index (χ1v) is 9.33. The maximum atomic E-state index is 5.91. The van der Waals surface area contributed by atoms with E-state index in [1.54, 1.807) is 14.2 Å². The molecule has 1 aromatic heterocycles. The zero-order chi connectivity index (χ0) is 20.8. The number of nitrogens with one attached hydrogen (secondary N) is 2. The van der Waals surface area contributed by atoms with Gasteiger partial charge in [0, 0.05) is 17.3 Å². The molecule has 8 nitrogen and oxygen atoms in total. The Morgan fingerprint density at radius 1 is 1.00 bits per heavy atom. The molecule has 152 valence electrons. The van der Waals surface area contributed by atoms with Gasteiger partial charge in [-0.05, 0) is 30.7 Å². The van der Waals surface area contributed by atoms with E-state index in [1.165, 1.54) is 4.90 Å². The van der Waals surface area contributed by atoms with Gasteiger partial charge in [0.15, 0.2) is 5.82 Å². The highest BCUT2D eigenvalue weighted by atomic mass is 16.5. The molecule has 0 spiro atoms. The lowest BCUT2D eigenvalue weighted by molar-refractivity contribution is -0.908. The van der Waals surface area contributed by atoms with Gasteiger partial charge in [-0.2, -0.15) is 15.0 Å². The van der Waals surface area contributed by atoms with E-state index in [4.69, 9.17) is 15.2 Å². The second kappa shape index (κ2) is 9.20. The van der Waals surface area contributed by atoms with Gasteiger partial charge in [-0.25, -0.2) is 0 Å². The molecule has 0 radical (unpaired) electrons. The summed E-state index contributed by atoms with van der Waals surface area (Å²) in [4.78, 5) is 14.2. The number of nitrogens with zero attached hydrogens (tertiary/aromatic N) is 3. The number of nitrogen functional groups attached to an aromatic ring is 1. The van der Waals surface area contributed by atoms with Gasteiger partial charge in [0.1, 0.15) is 24.6 Å². The molecule has 0 aliphatic rings. The molecule has 0 fully saturated rings. The standard InChI is InChI=1S/C21H26N6O2/c1-14-7-5-6-8-17(14)23-21-25-19(24-20(22)26-21)13-27(2)12-15-9-10-16(28-3)11-18(15)29-4/h5-11H,12-13H2,1-4H3,(H3,22,23,24,25,26)/p+1. The van der Waals surface area contributed by atoms with E-state index in [0.29, 0.717) is 18.3 Å². The average Bonchev–Trinajstić information content (AvgIpc) is 2.69. The Balaban J connectivity index is 1.73. The van der Waals surface area contributed by atoms with Crippen molar-refractivity contribution in [3.63, 3.8) is 0 Å². The summed E-state index contributed by atoms with van der Waals surface area (Å²) in [5.74, 6) is 2.82. The van der Waals surface area contributed by atoms with Crippen LogP contribution in [0.1, 0.15) is 17.0 Å². The Kier molecular flexibility index (Phi) is 6.46. The molecule has 1 heterocycles. The first-order valence-electron chi connectivity index (χ1n) is 9.33. The minimum absolute atomic E-state index is 0.195. The van der Waals surface area contributed by atoms with Crippen molar-refractivity contribution in [2.24, 2.45) is 0 Å². The van der Waals surface area contributed by atoms with E-state index in [9.17, 15) is 0 Å². The van der Waals surface area contributed by atoms with Gasteiger partial charge in [-0.15, -0.1) is 0 Å². The van der Waals surface area contributed by atoms with Crippen molar-refractivity contribution in [2.75, 3.05) is 32.3 Å². The number of anilines is 3. The lowest BCUT2D eigenvalue weighted by Gasteiger charge is -2.16. The summed E-state index contributed by atoms with van der Waals surface area (Å²) < 4.78 is 10.8. The number of rotatable bonds is 8. The summed E-state index contributed by atoms with van der Waals surface area (Å²) in [5.41, 5.74) is 9.02. The molecule has 3 aromatic rings. The molecule has 0 aliphatic heterocycles. The van der Waals surface area contributed by atoms with Gasteiger partial charge in [0.2, 0.25) is 11.9 Å². The maximum Gasteiger partial charge on any atom is 0.232 e. The maximum absolute atomic E-state index is 5.91. The third kappa shape index (κ3) is 5.32. The fourth-order valence-corrected chi connectivity index (χ4v) is 3.06. The lowest BCUT2D eigenvalue weighted by atomic mass is 10.2. The normalized spacial score (nSPS) is 11.7. The zero-order valence-corrected chi connectivity index (χ0v) is 17.2. The number of quaternary nitrogens is 1. The molecule has 4 N–H and O–H groups in total. The van der Waals surface area contributed by atoms with Crippen LogP contribution in [0.5, 0.6) is 11.5 Å². The third-order valence-corrected chi connectivity index (χ3v) is 4.54. The predicted octanol–water partition coefficient (Wildman–Crippen LogP) is 1.74. The van der Waals surface area contributed by atoms with Gasteiger partial charge < -0.3 is 25.4 Å². The quantitative estimate of drug-likeness (QED) is 0.534. The molecular formula is C21H27N6O2+. The van der Waals surface area contributed by atoms with Crippen LogP contribution in [0.25, 0.3) is 0 Å². The van der Waals surface area contributed by atoms with Crippen molar-refractivity contribution in [2.45, 2.75) is 20.0 Å². The molecule has 1 atom stereocenters. The van der Waals surface area contributed by atoms with Crippen molar-refractivity contribution in [3.05, 3.63) is 59.4 Å². The Bertz CT molecular complexity index is 979. The van der Waals surface area contributed by atoms with Crippen molar-refractivity contribution in [1.82, 2.24) is 15.0 Å². The summed E-state index contributed by atoms with van der Waals surface area (Å²) in [7, 11) is 5.36. The molecule has 0 saturated carbocycles. The number of nitrogens with two attached hydrogens (primary N) is 1. The van der Waals surface area contributed by atoms with Crippen molar-refractivity contribution in [1.29, 1.82) is 0 Å². The van der Waals surface area contributed by atoms with Crippen LogP contribution in [0.15, 0.2) is 42.5 Å². The van der Waals surface area contributed by atoms with Crippen LogP contribution in [0, 0.1) is 6.92 Å². The first-order chi connectivity index (χ1) is 14.0. The Labute approximate surface area is 170 Å². The Morgan fingerprint density at radius 3 is 2.52 bits per heavy atom. The van der Waals surface area contributed by atoms with E-state index in [2.05, 4.69) is 27.3 Å². The van der Waals surface area contributed by atoms with Gasteiger partial charge in [0.05, 0.1) is 21.3 Å². The van der Waals surface area contributed by atoms with Gasteiger partial charge in [-0.3, -0.25) is 0 Å². The van der Waals surface area contributed by atoms with E-state index in [-0.39, 0.29) is 5.95 Å². The van der Waals surface area contributed by atoms with Crippen LogP contribution in [-0.2, 0) is 13.1 Å². The second-order valence-corrected chi connectivity index (χ2v) is 6.86. The van der Waals surface area contributed by atoms with Crippen LogP contribution in [0.4, 0.5) is 17.6 Å². The summed E-state index contributed by atoms with van der Waals surface area (Å²) in [6.45, 7) is 3.34. The Hall–Kier alpha value is -3.39. The fraction of sp³-hybridized carbons (Fsp3) is 0.286. The number of aromatic nitrogens is 3. The largest absolute Gasteiger partial charge is 0.497 e. The predicted molar refractivity (Wildman–Crippen MR) is 113 cm³/mol. The number of hydrogen-bond acceptors (Lipinski definition) is 7. The van der Waals surface area contributed by atoms with E-state index in [0.717, 1.165) is 34.9 Å². The van der Waals surface area contributed by atoms with Gasteiger partial charge in [-0.1, -0.05) is 18.2 Å². The summed E-state index contributed by atoms with van der Waals surface area (Å²) in [6, 6.07) is 13.8. The smallest absolute Gasteiger partial charge is 0.232 e. The molecule has 0 bridgehead atoms. The third-order valence-electron chi connectivity index (χ3n) is 4.54. The van der Waals surface area contributed by atoms with E-state index in [1.807, 2.05) is 49.4 Å². The minimum Gasteiger partial charge on any atom is -0.497 e. The summed E-state index contributed by atoms with van der Waals surface area (Å²) >= 11 is 0. The van der Waals surface area contributed by atoms with Gasteiger partial charge in [0.25, 0.3) is 0 Å². The zero-order valence-electron chi connectivity index (χ0n) is 17.2. The second-order valence-electron chi connectivity index (χ2n) is 6.86. The monoisotopic (exact) mass is 395 g/mol. The molecule has 0 saturated heterocycles. The van der Waals surface area contributed by atoms with Gasteiger partial charge >= 0.3 is 0 Å². The molecule has 1 unspecified atom stereocenters. The highest BCUT2D eigenvalue weighted by Crippen LogP contribution is 2.24. The molecule has 3 rings (SSSR count). The highest BCUT2D eigenvalue weighted by Gasteiger charge is 2.14. The topological polar surface area (TPSA) is 99.6 Å².